The Bertz CT molecular complexity index is 839. The predicted molar refractivity (Wildman–Crippen MR) is 102 cm³/mol. The quantitative estimate of drug-likeness (QED) is 0.767. The molecule has 2 aromatic carbocycles. The molecule has 0 atom stereocenters. The van der Waals surface area contributed by atoms with E-state index in [4.69, 9.17) is 9.15 Å². The van der Waals surface area contributed by atoms with Crippen LogP contribution in [0.1, 0.15) is 5.89 Å². The number of hydrogen-bond donors (Lipinski definition) is 1. The number of rotatable bonds is 5. The number of nitrogens with zero attached hydrogens (tertiary/aromatic N) is 2. The van der Waals surface area contributed by atoms with Gasteiger partial charge >= 0.3 is 0 Å². The van der Waals surface area contributed by atoms with Crippen LogP contribution in [-0.4, -0.2) is 38.3 Å². The standard InChI is InChI=1S/C21H23N3O2/c1-25-19-9-5-8-18(14-19)24-12-10-23(11-13-24)16-21-22-15-20(26-21)17-6-3-2-4-7-17/h2-9,14-15H,10-13,16H2,1H3/p+1. The Labute approximate surface area is 153 Å². The lowest BCUT2D eigenvalue weighted by Gasteiger charge is -2.33. The lowest BCUT2D eigenvalue weighted by Crippen LogP contribution is -3.13. The third-order valence-corrected chi connectivity index (χ3v) is 4.90. The monoisotopic (exact) mass is 350 g/mol. The summed E-state index contributed by atoms with van der Waals surface area (Å²) in [6.45, 7) is 5.02. The minimum absolute atomic E-state index is 0.814. The lowest BCUT2D eigenvalue weighted by molar-refractivity contribution is -0.915. The molecule has 0 saturated carbocycles. The first kappa shape index (κ1) is 16.7. The van der Waals surface area contributed by atoms with E-state index in [-0.39, 0.29) is 0 Å². The Morgan fingerprint density at radius 3 is 2.65 bits per heavy atom. The summed E-state index contributed by atoms with van der Waals surface area (Å²) in [5, 5.41) is 0. The molecule has 0 radical (unpaired) electrons. The van der Waals surface area contributed by atoms with E-state index in [1.165, 1.54) is 10.6 Å². The van der Waals surface area contributed by atoms with Crippen molar-refractivity contribution in [3.8, 4) is 17.1 Å². The van der Waals surface area contributed by atoms with Crippen molar-refractivity contribution in [1.82, 2.24) is 4.98 Å². The average Bonchev–Trinajstić information content (AvgIpc) is 3.18. The van der Waals surface area contributed by atoms with Gasteiger partial charge < -0.3 is 19.0 Å². The second kappa shape index (κ2) is 7.62. The number of benzene rings is 2. The van der Waals surface area contributed by atoms with Gasteiger partial charge in [0.1, 0.15) is 5.75 Å². The molecule has 1 N–H and O–H groups in total. The fraction of sp³-hybridized carbons (Fsp3) is 0.286. The van der Waals surface area contributed by atoms with Crippen molar-refractivity contribution in [2.24, 2.45) is 0 Å². The van der Waals surface area contributed by atoms with Gasteiger partial charge in [-0.3, -0.25) is 0 Å². The molecule has 0 unspecified atom stereocenters. The molecule has 3 aromatic rings. The van der Waals surface area contributed by atoms with Gasteiger partial charge in [0.05, 0.1) is 39.5 Å². The molecule has 134 valence electrons. The maximum atomic E-state index is 5.95. The van der Waals surface area contributed by atoms with Crippen LogP contribution < -0.4 is 14.5 Å². The van der Waals surface area contributed by atoms with E-state index in [0.29, 0.717) is 0 Å². The summed E-state index contributed by atoms with van der Waals surface area (Å²) in [5.41, 5.74) is 2.30. The van der Waals surface area contributed by atoms with Crippen molar-refractivity contribution >= 4 is 5.69 Å². The molecular formula is C21H24N3O2+. The van der Waals surface area contributed by atoms with E-state index >= 15 is 0 Å². The molecule has 0 spiro atoms. The fourth-order valence-corrected chi connectivity index (χ4v) is 3.41. The van der Waals surface area contributed by atoms with E-state index in [0.717, 1.165) is 55.7 Å². The Morgan fingerprint density at radius 2 is 1.88 bits per heavy atom. The van der Waals surface area contributed by atoms with Crippen LogP contribution in [0.15, 0.2) is 65.2 Å². The highest BCUT2D eigenvalue weighted by Gasteiger charge is 2.22. The first-order valence-corrected chi connectivity index (χ1v) is 9.04. The Morgan fingerprint density at radius 1 is 1.08 bits per heavy atom. The van der Waals surface area contributed by atoms with Gasteiger partial charge in [0, 0.05) is 17.3 Å². The zero-order valence-electron chi connectivity index (χ0n) is 15.0. The van der Waals surface area contributed by atoms with Gasteiger partial charge in [-0.2, -0.15) is 0 Å². The summed E-state index contributed by atoms with van der Waals surface area (Å²) in [5.74, 6) is 2.56. The molecule has 5 nitrogen and oxygen atoms in total. The molecule has 0 bridgehead atoms. The van der Waals surface area contributed by atoms with Crippen molar-refractivity contribution in [3.05, 3.63) is 66.7 Å². The Kier molecular flexibility index (Phi) is 4.88. The van der Waals surface area contributed by atoms with Crippen LogP contribution in [0.3, 0.4) is 0 Å². The average molecular weight is 350 g/mol. The summed E-state index contributed by atoms with van der Waals surface area (Å²) >= 11 is 0. The van der Waals surface area contributed by atoms with Crippen molar-refractivity contribution in [2.75, 3.05) is 38.2 Å². The molecule has 4 rings (SSSR count). The van der Waals surface area contributed by atoms with Crippen molar-refractivity contribution in [1.29, 1.82) is 0 Å². The van der Waals surface area contributed by atoms with E-state index < -0.39 is 0 Å². The molecule has 2 heterocycles. The van der Waals surface area contributed by atoms with Crippen molar-refractivity contribution < 1.29 is 14.1 Å². The summed E-state index contributed by atoms with van der Waals surface area (Å²) < 4.78 is 11.3. The Hall–Kier alpha value is -2.79. The number of anilines is 1. The molecule has 1 aromatic heterocycles. The summed E-state index contributed by atoms with van der Waals surface area (Å²) in [7, 11) is 1.71. The molecule has 1 saturated heterocycles. The number of ether oxygens (including phenoxy) is 1. The van der Waals surface area contributed by atoms with Gasteiger partial charge in [-0.1, -0.05) is 36.4 Å². The lowest BCUT2D eigenvalue weighted by atomic mass is 10.2. The number of aromatic nitrogens is 1. The van der Waals surface area contributed by atoms with Crippen LogP contribution in [0.25, 0.3) is 11.3 Å². The second-order valence-electron chi connectivity index (χ2n) is 6.60. The summed E-state index contributed by atoms with van der Waals surface area (Å²) in [4.78, 5) is 8.39. The van der Waals surface area contributed by atoms with Crippen LogP contribution in [0, 0.1) is 0 Å². The van der Waals surface area contributed by atoms with E-state index in [9.17, 15) is 0 Å². The highest BCUT2D eigenvalue weighted by Crippen LogP contribution is 2.21. The number of methoxy groups -OCH3 is 1. The largest absolute Gasteiger partial charge is 0.497 e. The maximum absolute atomic E-state index is 5.95. The topological polar surface area (TPSA) is 42.9 Å². The van der Waals surface area contributed by atoms with Gasteiger partial charge in [0.2, 0.25) is 0 Å². The minimum atomic E-state index is 0.814. The second-order valence-corrected chi connectivity index (χ2v) is 6.60. The van der Waals surface area contributed by atoms with Gasteiger partial charge in [-0.15, -0.1) is 0 Å². The summed E-state index contributed by atoms with van der Waals surface area (Å²) in [6, 6.07) is 18.4. The molecule has 0 aliphatic carbocycles. The first-order valence-electron chi connectivity index (χ1n) is 9.04. The maximum Gasteiger partial charge on any atom is 0.250 e. The van der Waals surface area contributed by atoms with Gasteiger partial charge in [-0.05, 0) is 12.1 Å². The highest BCUT2D eigenvalue weighted by atomic mass is 16.5. The molecular weight excluding hydrogens is 326 g/mol. The SMILES string of the molecule is COc1cccc(N2CC[NH+](Cc3ncc(-c4ccccc4)o3)CC2)c1. The van der Waals surface area contributed by atoms with E-state index in [1.807, 2.05) is 48.7 Å². The van der Waals surface area contributed by atoms with Crippen LogP contribution in [0.4, 0.5) is 5.69 Å². The van der Waals surface area contributed by atoms with Crippen LogP contribution in [-0.2, 0) is 6.54 Å². The fourth-order valence-electron chi connectivity index (χ4n) is 3.41. The number of oxazole rings is 1. The highest BCUT2D eigenvalue weighted by molar-refractivity contribution is 5.55. The molecule has 26 heavy (non-hydrogen) atoms. The van der Waals surface area contributed by atoms with Crippen LogP contribution in [0.2, 0.25) is 0 Å². The van der Waals surface area contributed by atoms with Crippen molar-refractivity contribution in [3.63, 3.8) is 0 Å². The predicted octanol–water partition coefficient (Wildman–Crippen LogP) is 2.26. The number of hydrogen-bond acceptors (Lipinski definition) is 4. The van der Waals surface area contributed by atoms with Crippen LogP contribution in [0.5, 0.6) is 5.75 Å². The molecule has 5 heteroatoms. The zero-order valence-corrected chi connectivity index (χ0v) is 15.0. The zero-order chi connectivity index (χ0) is 17.8. The number of quaternary nitrogens is 1. The normalized spacial score (nSPS) is 15.2. The molecule has 1 aliphatic rings. The first-order chi connectivity index (χ1) is 12.8. The molecule has 1 fully saturated rings. The molecule has 1 aliphatic heterocycles. The molecule has 0 amide bonds. The third-order valence-electron chi connectivity index (χ3n) is 4.90. The van der Waals surface area contributed by atoms with E-state index in [2.05, 4.69) is 22.0 Å². The van der Waals surface area contributed by atoms with Gasteiger partial charge in [0.15, 0.2) is 12.3 Å². The Balaban J connectivity index is 1.35. The third kappa shape index (κ3) is 3.73. The number of piperazine rings is 1. The smallest absolute Gasteiger partial charge is 0.250 e. The van der Waals surface area contributed by atoms with E-state index in [1.54, 1.807) is 7.11 Å². The minimum Gasteiger partial charge on any atom is -0.497 e. The van der Waals surface area contributed by atoms with Crippen LogP contribution >= 0.6 is 0 Å². The van der Waals surface area contributed by atoms with Gasteiger partial charge in [0.25, 0.3) is 5.89 Å². The number of nitrogens with one attached hydrogen (secondary N) is 1. The van der Waals surface area contributed by atoms with Gasteiger partial charge in [-0.25, -0.2) is 4.98 Å². The van der Waals surface area contributed by atoms with Crippen molar-refractivity contribution in [2.45, 2.75) is 6.54 Å². The summed E-state index contributed by atoms with van der Waals surface area (Å²) in [6.07, 6.45) is 1.83.